The van der Waals surface area contributed by atoms with Gasteiger partial charge in [0.1, 0.15) is 5.75 Å². The second-order valence-electron chi connectivity index (χ2n) is 5.49. The highest BCUT2D eigenvalue weighted by Crippen LogP contribution is 2.22. The van der Waals surface area contributed by atoms with Gasteiger partial charge in [0.05, 0.1) is 10.2 Å². The third-order valence-electron chi connectivity index (χ3n) is 3.88. The SMILES string of the molecule is CCc1cccc2sc(=NC(=O)COc3ccc(Cl)cc3)n(CC)c12. The van der Waals surface area contributed by atoms with Gasteiger partial charge in [-0.15, -0.1) is 0 Å². The number of benzene rings is 2. The van der Waals surface area contributed by atoms with Crippen LogP contribution in [0.4, 0.5) is 0 Å². The lowest BCUT2D eigenvalue weighted by Crippen LogP contribution is -2.19. The first-order chi connectivity index (χ1) is 12.1. The van der Waals surface area contributed by atoms with Crippen LogP contribution in [0, 0.1) is 0 Å². The normalized spacial score (nSPS) is 11.9. The van der Waals surface area contributed by atoms with Gasteiger partial charge in [0.15, 0.2) is 11.4 Å². The van der Waals surface area contributed by atoms with E-state index in [1.807, 2.05) is 6.07 Å². The molecule has 0 unspecified atom stereocenters. The van der Waals surface area contributed by atoms with E-state index in [1.54, 1.807) is 24.3 Å². The molecule has 2 aromatic carbocycles. The maximum Gasteiger partial charge on any atom is 0.286 e. The summed E-state index contributed by atoms with van der Waals surface area (Å²) in [6.07, 6.45) is 0.946. The zero-order valence-electron chi connectivity index (χ0n) is 14.2. The van der Waals surface area contributed by atoms with Gasteiger partial charge in [-0.1, -0.05) is 42.0 Å². The van der Waals surface area contributed by atoms with Gasteiger partial charge in [0.25, 0.3) is 5.91 Å². The summed E-state index contributed by atoms with van der Waals surface area (Å²) < 4.78 is 8.72. The minimum absolute atomic E-state index is 0.0970. The second kappa shape index (κ2) is 7.85. The molecule has 0 atom stereocenters. The first-order valence-corrected chi connectivity index (χ1v) is 9.39. The van der Waals surface area contributed by atoms with Crippen molar-refractivity contribution in [2.75, 3.05) is 6.61 Å². The summed E-state index contributed by atoms with van der Waals surface area (Å²) >= 11 is 7.37. The molecule has 0 aliphatic carbocycles. The molecule has 0 saturated carbocycles. The molecule has 0 radical (unpaired) electrons. The highest BCUT2D eigenvalue weighted by atomic mass is 35.5. The Hall–Kier alpha value is -2.11. The van der Waals surface area contributed by atoms with Crippen molar-refractivity contribution in [3.8, 4) is 5.75 Å². The third kappa shape index (κ3) is 3.94. The maximum atomic E-state index is 12.2. The van der Waals surface area contributed by atoms with Gasteiger partial charge < -0.3 is 9.30 Å². The van der Waals surface area contributed by atoms with Gasteiger partial charge in [-0.3, -0.25) is 4.79 Å². The number of ether oxygens (including phenoxy) is 1. The number of halogens is 1. The predicted molar refractivity (Wildman–Crippen MR) is 102 cm³/mol. The van der Waals surface area contributed by atoms with E-state index in [2.05, 4.69) is 35.5 Å². The van der Waals surface area contributed by atoms with Gasteiger partial charge in [-0.25, -0.2) is 0 Å². The molecule has 0 aliphatic heterocycles. The summed E-state index contributed by atoms with van der Waals surface area (Å²) in [6, 6.07) is 13.1. The van der Waals surface area contributed by atoms with E-state index in [0.29, 0.717) is 15.6 Å². The fraction of sp³-hybridized carbons (Fsp3) is 0.263. The molecule has 25 heavy (non-hydrogen) atoms. The lowest BCUT2D eigenvalue weighted by atomic mass is 10.1. The number of carbonyl (C=O) groups is 1. The average Bonchev–Trinajstić information content (AvgIpc) is 2.98. The van der Waals surface area contributed by atoms with Crippen LogP contribution in [0.25, 0.3) is 10.2 Å². The van der Waals surface area contributed by atoms with E-state index >= 15 is 0 Å². The molecular formula is C19H19ClN2O2S. The van der Waals surface area contributed by atoms with Crippen molar-refractivity contribution in [1.82, 2.24) is 4.57 Å². The Morgan fingerprint density at radius 1 is 1.20 bits per heavy atom. The number of amides is 1. The van der Waals surface area contributed by atoms with Crippen LogP contribution in [-0.4, -0.2) is 17.1 Å². The number of nitrogens with zero attached hydrogens (tertiary/aromatic N) is 2. The lowest BCUT2D eigenvalue weighted by molar-refractivity contribution is -0.120. The van der Waals surface area contributed by atoms with Crippen LogP contribution in [-0.2, 0) is 17.8 Å². The Morgan fingerprint density at radius 2 is 1.96 bits per heavy atom. The number of aromatic nitrogens is 1. The van der Waals surface area contributed by atoms with Crippen molar-refractivity contribution in [1.29, 1.82) is 0 Å². The predicted octanol–water partition coefficient (Wildman–Crippen LogP) is 4.44. The van der Waals surface area contributed by atoms with Crippen LogP contribution in [0.2, 0.25) is 5.02 Å². The number of para-hydroxylation sites is 1. The Kier molecular flexibility index (Phi) is 5.56. The summed E-state index contributed by atoms with van der Waals surface area (Å²) in [5.41, 5.74) is 2.43. The molecule has 6 heteroatoms. The fourth-order valence-electron chi connectivity index (χ4n) is 2.68. The molecule has 0 bridgehead atoms. The summed E-state index contributed by atoms with van der Waals surface area (Å²) in [5.74, 6) is 0.294. The molecule has 0 fully saturated rings. The Bertz CT molecular complexity index is 958. The molecule has 4 nitrogen and oxygen atoms in total. The molecule has 1 amide bonds. The zero-order chi connectivity index (χ0) is 17.8. The molecule has 0 aliphatic rings. The van der Waals surface area contributed by atoms with Gasteiger partial charge in [0.2, 0.25) is 0 Å². The maximum absolute atomic E-state index is 12.2. The van der Waals surface area contributed by atoms with Gasteiger partial charge in [-0.05, 0) is 49.2 Å². The van der Waals surface area contributed by atoms with Crippen LogP contribution >= 0.6 is 22.9 Å². The van der Waals surface area contributed by atoms with Crippen LogP contribution < -0.4 is 9.54 Å². The summed E-state index contributed by atoms with van der Waals surface area (Å²) in [6.45, 7) is 4.86. The fourth-order valence-corrected chi connectivity index (χ4v) is 3.97. The van der Waals surface area contributed by atoms with Crippen LogP contribution in [0.1, 0.15) is 19.4 Å². The first kappa shape index (κ1) is 17.7. The van der Waals surface area contributed by atoms with Crippen molar-refractivity contribution in [2.24, 2.45) is 4.99 Å². The summed E-state index contributed by atoms with van der Waals surface area (Å²) in [4.78, 5) is 17.2. The first-order valence-electron chi connectivity index (χ1n) is 8.19. The van der Waals surface area contributed by atoms with E-state index in [0.717, 1.165) is 17.7 Å². The monoisotopic (exact) mass is 374 g/mol. The molecule has 1 heterocycles. The van der Waals surface area contributed by atoms with Crippen molar-refractivity contribution in [2.45, 2.75) is 26.8 Å². The smallest absolute Gasteiger partial charge is 0.286 e. The number of hydrogen-bond donors (Lipinski definition) is 0. The standard InChI is InChI=1S/C19H19ClN2O2S/c1-3-13-6-5-7-16-18(13)22(4-2)19(25-16)21-17(23)12-24-15-10-8-14(20)9-11-15/h5-11H,3-4,12H2,1-2H3. The van der Waals surface area contributed by atoms with Crippen LogP contribution in [0.15, 0.2) is 47.5 Å². The number of thiazole rings is 1. The molecule has 0 N–H and O–H groups in total. The minimum atomic E-state index is -0.304. The second-order valence-corrected chi connectivity index (χ2v) is 6.94. The topological polar surface area (TPSA) is 43.6 Å². The zero-order valence-corrected chi connectivity index (χ0v) is 15.7. The van der Waals surface area contributed by atoms with Crippen molar-refractivity contribution >= 4 is 39.1 Å². The molecule has 0 saturated heterocycles. The Morgan fingerprint density at radius 3 is 2.64 bits per heavy atom. The molecule has 3 aromatic rings. The van der Waals surface area contributed by atoms with E-state index in [4.69, 9.17) is 16.3 Å². The van der Waals surface area contributed by atoms with E-state index in [-0.39, 0.29) is 12.5 Å². The number of aryl methyl sites for hydroxylation is 2. The third-order valence-corrected chi connectivity index (χ3v) is 5.17. The van der Waals surface area contributed by atoms with E-state index in [9.17, 15) is 4.79 Å². The molecule has 1 aromatic heterocycles. The van der Waals surface area contributed by atoms with Crippen molar-refractivity contribution in [3.05, 3.63) is 57.9 Å². The van der Waals surface area contributed by atoms with Gasteiger partial charge >= 0.3 is 0 Å². The molecular weight excluding hydrogens is 356 g/mol. The summed E-state index contributed by atoms with van der Waals surface area (Å²) in [5, 5.41) is 0.629. The summed E-state index contributed by atoms with van der Waals surface area (Å²) in [7, 11) is 0. The number of carbonyl (C=O) groups excluding carboxylic acids is 1. The number of fused-ring (bicyclic) bond motifs is 1. The van der Waals surface area contributed by atoms with Gasteiger partial charge in [0, 0.05) is 11.6 Å². The Balaban J connectivity index is 1.87. The molecule has 130 valence electrons. The number of hydrogen-bond acceptors (Lipinski definition) is 3. The molecule has 3 rings (SSSR count). The van der Waals surface area contributed by atoms with Crippen molar-refractivity contribution in [3.63, 3.8) is 0 Å². The quantitative estimate of drug-likeness (QED) is 0.662. The highest BCUT2D eigenvalue weighted by Gasteiger charge is 2.10. The number of rotatable bonds is 5. The lowest BCUT2D eigenvalue weighted by Gasteiger charge is -2.05. The van der Waals surface area contributed by atoms with Crippen LogP contribution in [0.3, 0.4) is 0 Å². The van der Waals surface area contributed by atoms with Crippen molar-refractivity contribution < 1.29 is 9.53 Å². The van der Waals surface area contributed by atoms with Crippen LogP contribution in [0.5, 0.6) is 5.75 Å². The van der Waals surface area contributed by atoms with Gasteiger partial charge in [-0.2, -0.15) is 4.99 Å². The molecule has 0 spiro atoms. The highest BCUT2D eigenvalue weighted by molar-refractivity contribution is 7.16. The van der Waals surface area contributed by atoms with E-state index in [1.165, 1.54) is 22.4 Å². The average molecular weight is 375 g/mol. The minimum Gasteiger partial charge on any atom is -0.484 e. The van der Waals surface area contributed by atoms with E-state index < -0.39 is 0 Å². The largest absolute Gasteiger partial charge is 0.484 e. The Labute approximate surface area is 155 Å².